The van der Waals surface area contributed by atoms with Crippen LogP contribution in [0.2, 0.25) is 0 Å². The van der Waals surface area contributed by atoms with Crippen LogP contribution in [0.5, 0.6) is 0 Å². The number of likely N-dealkylation sites (tertiary alicyclic amines) is 1. The van der Waals surface area contributed by atoms with Crippen molar-refractivity contribution in [2.45, 2.75) is 44.7 Å². The molecule has 1 aliphatic carbocycles. The van der Waals surface area contributed by atoms with E-state index in [0.29, 0.717) is 19.6 Å². The SMILES string of the molecule is CN=C(NCC1CCN(CC(F)(F)F)C1)NCC1(CCOC)CCCC1. The molecule has 0 amide bonds. The van der Waals surface area contributed by atoms with Gasteiger partial charge in [-0.15, -0.1) is 0 Å². The van der Waals surface area contributed by atoms with Crippen LogP contribution in [0, 0.1) is 11.3 Å². The van der Waals surface area contributed by atoms with Crippen molar-refractivity contribution in [1.29, 1.82) is 0 Å². The van der Waals surface area contributed by atoms with Gasteiger partial charge in [-0.1, -0.05) is 12.8 Å². The predicted molar refractivity (Wildman–Crippen MR) is 97.4 cm³/mol. The van der Waals surface area contributed by atoms with Crippen molar-refractivity contribution in [2.24, 2.45) is 16.3 Å². The largest absolute Gasteiger partial charge is 0.401 e. The second-order valence-electron chi connectivity index (χ2n) is 7.76. The molecule has 2 fully saturated rings. The van der Waals surface area contributed by atoms with Gasteiger partial charge in [0.2, 0.25) is 0 Å². The summed E-state index contributed by atoms with van der Waals surface area (Å²) in [6.07, 6.45) is 2.64. The van der Waals surface area contributed by atoms with E-state index >= 15 is 0 Å². The molecular weight excluding hydrogens is 345 g/mol. The number of ether oxygens (including phenoxy) is 1. The second kappa shape index (κ2) is 9.78. The molecule has 0 aromatic carbocycles. The molecule has 0 spiro atoms. The first-order chi connectivity index (χ1) is 12.4. The molecular formula is C18H33F3N4O. The molecule has 1 aliphatic heterocycles. The van der Waals surface area contributed by atoms with Crippen molar-refractivity contribution >= 4 is 5.96 Å². The summed E-state index contributed by atoms with van der Waals surface area (Å²) in [5.74, 6) is 0.966. The van der Waals surface area contributed by atoms with Crippen molar-refractivity contribution < 1.29 is 17.9 Å². The van der Waals surface area contributed by atoms with Gasteiger partial charge in [-0.3, -0.25) is 9.89 Å². The van der Waals surface area contributed by atoms with E-state index in [1.54, 1.807) is 14.2 Å². The number of alkyl halides is 3. The van der Waals surface area contributed by atoms with E-state index in [0.717, 1.165) is 32.0 Å². The minimum absolute atomic E-state index is 0.227. The number of halogens is 3. The molecule has 0 aromatic heterocycles. The highest BCUT2D eigenvalue weighted by molar-refractivity contribution is 5.79. The Morgan fingerprint density at radius 1 is 1.27 bits per heavy atom. The predicted octanol–water partition coefficient (Wildman–Crippen LogP) is 2.63. The molecule has 1 heterocycles. The minimum atomic E-state index is -4.11. The fourth-order valence-electron chi connectivity index (χ4n) is 4.17. The van der Waals surface area contributed by atoms with Gasteiger partial charge in [0, 0.05) is 40.4 Å². The summed E-state index contributed by atoms with van der Waals surface area (Å²) in [6, 6.07) is 0. The van der Waals surface area contributed by atoms with Gasteiger partial charge in [0.15, 0.2) is 5.96 Å². The molecule has 0 bridgehead atoms. The third-order valence-electron chi connectivity index (χ3n) is 5.69. The summed E-state index contributed by atoms with van der Waals surface area (Å²) in [5.41, 5.74) is 0.268. The standard InChI is InChI=1S/C18H33F3N4O/c1-22-16(24-13-17(8-10-26-2)6-3-4-7-17)23-11-15-5-9-25(12-15)14-18(19,20)21/h15H,3-14H2,1-2H3,(H2,22,23,24). The summed E-state index contributed by atoms with van der Waals surface area (Å²) >= 11 is 0. The number of methoxy groups -OCH3 is 1. The number of nitrogens with one attached hydrogen (secondary N) is 2. The Balaban J connectivity index is 1.72. The molecule has 26 heavy (non-hydrogen) atoms. The number of guanidine groups is 1. The fraction of sp³-hybridized carbons (Fsp3) is 0.944. The van der Waals surface area contributed by atoms with Crippen LogP contribution in [-0.4, -0.2) is 70.5 Å². The summed E-state index contributed by atoms with van der Waals surface area (Å²) < 4.78 is 42.7. The number of rotatable bonds is 8. The van der Waals surface area contributed by atoms with E-state index < -0.39 is 12.7 Å². The van der Waals surface area contributed by atoms with Crippen molar-refractivity contribution in [3.63, 3.8) is 0 Å². The number of nitrogens with zero attached hydrogens (tertiary/aromatic N) is 2. The lowest BCUT2D eigenvalue weighted by Gasteiger charge is -2.30. The first-order valence-electron chi connectivity index (χ1n) is 9.58. The average molecular weight is 378 g/mol. The highest BCUT2D eigenvalue weighted by atomic mass is 19.4. The molecule has 8 heteroatoms. The number of hydrogen-bond acceptors (Lipinski definition) is 3. The van der Waals surface area contributed by atoms with Crippen LogP contribution in [0.3, 0.4) is 0 Å². The van der Waals surface area contributed by atoms with Gasteiger partial charge in [-0.2, -0.15) is 13.2 Å². The van der Waals surface area contributed by atoms with Gasteiger partial charge in [-0.25, -0.2) is 0 Å². The van der Waals surface area contributed by atoms with Gasteiger partial charge in [-0.05, 0) is 43.6 Å². The maximum absolute atomic E-state index is 12.5. The van der Waals surface area contributed by atoms with Crippen molar-refractivity contribution in [3.8, 4) is 0 Å². The maximum atomic E-state index is 12.5. The molecule has 5 nitrogen and oxygen atoms in total. The van der Waals surface area contributed by atoms with Gasteiger partial charge in [0.05, 0.1) is 6.54 Å². The molecule has 2 N–H and O–H groups in total. The van der Waals surface area contributed by atoms with E-state index in [1.165, 1.54) is 30.6 Å². The Labute approximate surface area is 154 Å². The van der Waals surface area contributed by atoms with Crippen molar-refractivity contribution in [1.82, 2.24) is 15.5 Å². The summed E-state index contributed by atoms with van der Waals surface area (Å²) in [4.78, 5) is 5.76. The highest BCUT2D eigenvalue weighted by Crippen LogP contribution is 2.40. The number of aliphatic imine (C=N–C) groups is 1. The van der Waals surface area contributed by atoms with Crippen LogP contribution in [0.15, 0.2) is 4.99 Å². The average Bonchev–Trinajstić information content (AvgIpc) is 3.22. The summed E-state index contributed by atoms with van der Waals surface area (Å²) in [6.45, 7) is 2.47. The van der Waals surface area contributed by atoms with E-state index in [9.17, 15) is 13.2 Å². The van der Waals surface area contributed by atoms with Crippen LogP contribution < -0.4 is 10.6 Å². The lowest BCUT2D eigenvalue weighted by Crippen LogP contribution is -2.45. The Bertz CT molecular complexity index is 450. The van der Waals surface area contributed by atoms with Crippen LogP contribution in [0.1, 0.15) is 38.5 Å². The van der Waals surface area contributed by atoms with Gasteiger partial charge in [0.25, 0.3) is 0 Å². The van der Waals surface area contributed by atoms with E-state index in [2.05, 4.69) is 15.6 Å². The quantitative estimate of drug-likeness (QED) is 0.504. The first kappa shape index (κ1) is 21.3. The molecule has 1 atom stereocenters. The molecule has 2 aliphatic rings. The van der Waals surface area contributed by atoms with Crippen molar-refractivity contribution in [2.75, 3.05) is 53.5 Å². The molecule has 2 rings (SSSR count). The topological polar surface area (TPSA) is 48.9 Å². The maximum Gasteiger partial charge on any atom is 0.401 e. The zero-order valence-electron chi connectivity index (χ0n) is 16.0. The Morgan fingerprint density at radius 3 is 2.62 bits per heavy atom. The first-order valence-corrected chi connectivity index (χ1v) is 9.58. The minimum Gasteiger partial charge on any atom is -0.385 e. The van der Waals surface area contributed by atoms with E-state index in [4.69, 9.17) is 4.74 Å². The second-order valence-corrected chi connectivity index (χ2v) is 7.76. The Morgan fingerprint density at radius 2 is 2.00 bits per heavy atom. The molecule has 1 saturated heterocycles. The lowest BCUT2D eigenvalue weighted by atomic mass is 9.83. The van der Waals surface area contributed by atoms with Crippen LogP contribution in [0.4, 0.5) is 13.2 Å². The van der Waals surface area contributed by atoms with E-state index in [-0.39, 0.29) is 11.3 Å². The number of hydrogen-bond donors (Lipinski definition) is 2. The Hall–Kier alpha value is -1.02. The van der Waals surface area contributed by atoms with Crippen LogP contribution in [-0.2, 0) is 4.74 Å². The van der Waals surface area contributed by atoms with Gasteiger partial charge in [0.1, 0.15) is 0 Å². The summed E-state index contributed by atoms with van der Waals surface area (Å²) in [5, 5.41) is 6.72. The molecule has 0 radical (unpaired) electrons. The molecule has 0 aromatic rings. The highest BCUT2D eigenvalue weighted by Gasteiger charge is 2.35. The van der Waals surface area contributed by atoms with Gasteiger partial charge >= 0.3 is 6.18 Å². The fourth-order valence-corrected chi connectivity index (χ4v) is 4.17. The summed E-state index contributed by atoms with van der Waals surface area (Å²) in [7, 11) is 3.47. The molecule has 1 saturated carbocycles. The smallest absolute Gasteiger partial charge is 0.385 e. The lowest BCUT2D eigenvalue weighted by molar-refractivity contribution is -0.143. The van der Waals surface area contributed by atoms with Crippen LogP contribution in [0.25, 0.3) is 0 Å². The normalized spacial score (nSPS) is 24.2. The monoisotopic (exact) mass is 378 g/mol. The van der Waals surface area contributed by atoms with Crippen LogP contribution >= 0.6 is 0 Å². The molecule has 152 valence electrons. The van der Waals surface area contributed by atoms with E-state index in [1.807, 2.05) is 0 Å². The zero-order valence-corrected chi connectivity index (χ0v) is 16.0. The molecule has 1 unspecified atom stereocenters. The van der Waals surface area contributed by atoms with Gasteiger partial charge < -0.3 is 15.4 Å². The zero-order chi connectivity index (χ0) is 19.0. The Kier molecular flexibility index (Phi) is 8.01. The third-order valence-corrected chi connectivity index (χ3v) is 5.69. The third kappa shape index (κ3) is 6.95. The van der Waals surface area contributed by atoms with Crippen molar-refractivity contribution in [3.05, 3.63) is 0 Å².